The van der Waals surface area contributed by atoms with Gasteiger partial charge in [0.2, 0.25) is 5.95 Å². The van der Waals surface area contributed by atoms with Crippen molar-refractivity contribution in [2.45, 2.75) is 0 Å². The fraction of sp³-hybridized carbons (Fsp3) is 0.714. The summed E-state index contributed by atoms with van der Waals surface area (Å²) in [7, 11) is 4.21. The van der Waals surface area contributed by atoms with Gasteiger partial charge < -0.3 is 15.1 Å². The Morgan fingerprint density at radius 2 is 1.80 bits per heavy atom. The van der Waals surface area contributed by atoms with Gasteiger partial charge >= 0.3 is 0 Å². The van der Waals surface area contributed by atoms with Gasteiger partial charge in [-0.05, 0) is 20.2 Å². The number of nitrogens with zero attached hydrogens (tertiary/aromatic N) is 5. The van der Waals surface area contributed by atoms with E-state index >= 15 is 0 Å². The third kappa shape index (κ3) is 5.03. The van der Waals surface area contributed by atoms with E-state index in [1.165, 1.54) is 0 Å². The molecule has 0 bridgehead atoms. The number of anilines is 1. The first-order valence-electron chi connectivity index (χ1n) is 7.35. The van der Waals surface area contributed by atoms with E-state index < -0.39 is 0 Å². The van der Waals surface area contributed by atoms with Crippen LogP contribution >= 0.6 is 0 Å². The zero-order valence-corrected chi connectivity index (χ0v) is 12.6. The number of hydrogen-bond donors (Lipinski definition) is 1. The van der Waals surface area contributed by atoms with Crippen molar-refractivity contribution in [2.75, 3.05) is 71.4 Å². The number of aromatic nitrogens is 2. The van der Waals surface area contributed by atoms with Gasteiger partial charge in [-0.25, -0.2) is 9.97 Å². The summed E-state index contributed by atoms with van der Waals surface area (Å²) in [6.07, 6.45) is 3.62. The van der Waals surface area contributed by atoms with Gasteiger partial charge in [-0.1, -0.05) is 0 Å². The molecule has 1 aliphatic heterocycles. The predicted octanol–water partition coefficient (Wildman–Crippen LogP) is -0.250. The molecule has 0 aromatic carbocycles. The molecule has 0 aliphatic carbocycles. The molecule has 0 spiro atoms. The molecule has 2 rings (SSSR count). The van der Waals surface area contributed by atoms with Crippen LogP contribution in [0, 0.1) is 0 Å². The number of nitrogens with one attached hydrogen (secondary N) is 1. The summed E-state index contributed by atoms with van der Waals surface area (Å²) in [5.74, 6) is 0.858. The lowest BCUT2D eigenvalue weighted by molar-refractivity contribution is 0.255. The van der Waals surface area contributed by atoms with E-state index in [0.29, 0.717) is 0 Å². The molecule has 1 N–H and O–H groups in total. The molecule has 1 aromatic heterocycles. The Balaban J connectivity index is 1.60. The quantitative estimate of drug-likeness (QED) is 0.694. The maximum atomic E-state index is 4.31. The van der Waals surface area contributed by atoms with E-state index in [-0.39, 0.29) is 0 Å². The zero-order chi connectivity index (χ0) is 14.2. The van der Waals surface area contributed by atoms with E-state index in [0.717, 1.165) is 58.3 Å². The van der Waals surface area contributed by atoms with Crippen LogP contribution in [0.15, 0.2) is 18.5 Å². The van der Waals surface area contributed by atoms with E-state index in [1.807, 2.05) is 18.5 Å². The van der Waals surface area contributed by atoms with Crippen LogP contribution in [0.2, 0.25) is 0 Å². The third-order valence-corrected chi connectivity index (χ3v) is 3.55. The molecule has 0 amide bonds. The first-order valence-corrected chi connectivity index (χ1v) is 7.35. The number of hydrogen-bond acceptors (Lipinski definition) is 6. The van der Waals surface area contributed by atoms with E-state index in [4.69, 9.17) is 0 Å². The van der Waals surface area contributed by atoms with Gasteiger partial charge in [0.25, 0.3) is 0 Å². The van der Waals surface area contributed by atoms with Crippen molar-refractivity contribution in [1.29, 1.82) is 0 Å². The summed E-state index contributed by atoms with van der Waals surface area (Å²) in [4.78, 5) is 15.6. The molecule has 6 heteroatoms. The van der Waals surface area contributed by atoms with Gasteiger partial charge in [0.05, 0.1) is 0 Å². The molecule has 0 unspecified atom stereocenters. The number of rotatable bonds is 7. The lowest BCUT2D eigenvalue weighted by Crippen LogP contribution is -2.48. The smallest absolute Gasteiger partial charge is 0.225 e. The molecule has 2 heterocycles. The minimum Gasteiger partial charge on any atom is -0.338 e. The Bertz CT molecular complexity index is 361. The first-order chi connectivity index (χ1) is 9.75. The van der Waals surface area contributed by atoms with Gasteiger partial charge in [-0.3, -0.25) is 4.90 Å². The fourth-order valence-corrected chi connectivity index (χ4v) is 2.29. The minimum absolute atomic E-state index is 0.858. The highest BCUT2D eigenvalue weighted by Gasteiger charge is 2.17. The summed E-state index contributed by atoms with van der Waals surface area (Å²) >= 11 is 0. The molecule has 1 saturated heterocycles. The third-order valence-electron chi connectivity index (χ3n) is 3.55. The maximum Gasteiger partial charge on any atom is 0.225 e. The predicted molar refractivity (Wildman–Crippen MR) is 82.1 cm³/mol. The Morgan fingerprint density at radius 1 is 1.10 bits per heavy atom. The van der Waals surface area contributed by atoms with Crippen LogP contribution in [0.3, 0.4) is 0 Å². The standard InChI is InChI=1S/C14H26N6/c1-18(2)8-6-15-7-9-19-10-12-20(13-11-19)14-16-4-3-5-17-14/h3-5,15H,6-13H2,1-2H3. The molecule has 1 aromatic rings. The monoisotopic (exact) mass is 278 g/mol. The molecule has 0 saturated carbocycles. The van der Waals surface area contributed by atoms with Crippen molar-refractivity contribution in [2.24, 2.45) is 0 Å². The van der Waals surface area contributed by atoms with Crippen LogP contribution in [-0.4, -0.2) is 86.2 Å². The molecule has 1 fully saturated rings. The average molecular weight is 278 g/mol. The van der Waals surface area contributed by atoms with Crippen LogP contribution in [0.25, 0.3) is 0 Å². The van der Waals surface area contributed by atoms with Crippen molar-refractivity contribution in [3.63, 3.8) is 0 Å². The van der Waals surface area contributed by atoms with Crippen molar-refractivity contribution in [3.8, 4) is 0 Å². The highest BCUT2D eigenvalue weighted by Crippen LogP contribution is 2.08. The SMILES string of the molecule is CN(C)CCNCCN1CCN(c2ncccn2)CC1. The highest BCUT2D eigenvalue weighted by atomic mass is 15.3. The van der Waals surface area contributed by atoms with Crippen molar-refractivity contribution >= 4 is 5.95 Å². The highest BCUT2D eigenvalue weighted by molar-refractivity contribution is 5.29. The lowest BCUT2D eigenvalue weighted by atomic mass is 10.3. The normalized spacial score (nSPS) is 16.9. The lowest BCUT2D eigenvalue weighted by Gasteiger charge is -2.34. The summed E-state index contributed by atoms with van der Waals surface area (Å²) in [5, 5.41) is 3.49. The molecular weight excluding hydrogens is 252 g/mol. The van der Waals surface area contributed by atoms with Crippen molar-refractivity contribution in [3.05, 3.63) is 18.5 Å². The molecule has 0 atom stereocenters. The topological polar surface area (TPSA) is 47.5 Å². The van der Waals surface area contributed by atoms with Crippen LogP contribution in [0.5, 0.6) is 0 Å². The summed E-state index contributed by atoms with van der Waals surface area (Å²) in [6, 6.07) is 1.86. The van der Waals surface area contributed by atoms with Gasteiger partial charge in [-0.15, -0.1) is 0 Å². The molecule has 6 nitrogen and oxygen atoms in total. The Morgan fingerprint density at radius 3 is 2.45 bits per heavy atom. The van der Waals surface area contributed by atoms with Crippen LogP contribution < -0.4 is 10.2 Å². The van der Waals surface area contributed by atoms with Gasteiger partial charge in [0.1, 0.15) is 0 Å². The van der Waals surface area contributed by atoms with Crippen molar-refractivity contribution < 1.29 is 0 Å². The molecule has 1 aliphatic rings. The van der Waals surface area contributed by atoms with E-state index in [9.17, 15) is 0 Å². The Labute approximate surface area is 121 Å². The van der Waals surface area contributed by atoms with Gasteiger partial charge in [0, 0.05) is 64.8 Å². The molecule has 0 radical (unpaired) electrons. The molecule has 112 valence electrons. The average Bonchev–Trinajstić information content (AvgIpc) is 2.48. The minimum atomic E-state index is 0.858. The molecule has 20 heavy (non-hydrogen) atoms. The summed E-state index contributed by atoms with van der Waals surface area (Å²) < 4.78 is 0. The van der Waals surface area contributed by atoms with Gasteiger partial charge in [0.15, 0.2) is 0 Å². The van der Waals surface area contributed by atoms with Crippen molar-refractivity contribution in [1.82, 2.24) is 25.1 Å². The summed E-state index contributed by atoms with van der Waals surface area (Å²) in [5.41, 5.74) is 0. The summed E-state index contributed by atoms with van der Waals surface area (Å²) in [6.45, 7) is 8.56. The van der Waals surface area contributed by atoms with E-state index in [2.05, 4.69) is 44.1 Å². The van der Waals surface area contributed by atoms with E-state index in [1.54, 1.807) is 0 Å². The Kier molecular flexibility index (Phi) is 6.17. The molecular formula is C14H26N6. The largest absolute Gasteiger partial charge is 0.338 e. The van der Waals surface area contributed by atoms with Gasteiger partial charge in [-0.2, -0.15) is 0 Å². The second-order valence-corrected chi connectivity index (χ2v) is 5.43. The fourth-order valence-electron chi connectivity index (χ4n) is 2.29. The second-order valence-electron chi connectivity index (χ2n) is 5.43. The van der Waals surface area contributed by atoms with Crippen LogP contribution in [0.1, 0.15) is 0 Å². The first kappa shape index (κ1) is 15.2. The Hall–Kier alpha value is -1.24. The van der Waals surface area contributed by atoms with Crippen LogP contribution in [-0.2, 0) is 0 Å². The maximum absolute atomic E-state index is 4.31. The number of likely N-dealkylation sites (N-methyl/N-ethyl adjacent to an activating group) is 1. The van der Waals surface area contributed by atoms with Crippen LogP contribution in [0.4, 0.5) is 5.95 Å². The second kappa shape index (κ2) is 8.14. The number of piperazine rings is 1. The zero-order valence-electron chi connectivity index (χ0n) is 12.6.